The van der Waals surface area contributed by atoms with Crippen LogP contribution in [-0.2, 0) is 49.3 Å². The lowest BCUT2D eigenvalue weighted by atomic mass is 9.44. The van der Waals surface area contributed by atoms with Crippen LogP contribution in [0.15, 0.2) is 54.1 Å². The van der Waals surface area contributed by atoms with Gasteiger partial charge in [-0.2, -0.15) is 0 Å². The fraction of sp³-hybridized carbons (Fsp3) is 0.806. The number of likely N-dealkylation sites (N-methyl/N-ethyl adjacent to an activating group) is 1. The van der Waals surface area contributed by atoms with Crippen LogP contribution < -0.4 is 5.32 Å². The van der Waals surface area contributed by atoms with Crippen LogP contribution in [0.1, 0.15) is 147 Å². The predicted octanol–water partition coefficient (Wildman–Crippen LogP) is 5.64. The van der Waals surface area contributed by atoms with Crippen LogP contribution in [0.4, 0.5) is 8.78 Å². The van der Waals surface area contributed by atoms with E-state index in [1.807, 2.05) is 56.1 Å². The quantitative estimate of drug-likeness (QED) is 0.0827. The predicted molar refractivity (Wildman–Crippen MR) is 323 cm³/mol. The van der Waals surface area contributed by atoms with Gasteiger partial charge in [-0.05, 0) is 148 Å². The molecule has 7 aliphatic rings. The van der Waals surface area contributed by atoms with Gasteiger partial charge in [0.15, 0.2) is 29.6 Å². The maximum atomic E-state index is 18.0. The van der Waals surface area contributed by atoms with Crippen molar-refractivity contribution in [3.63, 3.8) is 0 Å². The molecule has 8 N–H and O–H groups in total. The molecular formula is C67H105F2N3O16. The highest BCUT2D eigenvalue weighted by Crippen LogP contribution is 2.71. The number of methoxy groups -OCH3 is 1. The molecule has 0 aromatic heterocycles. The van der Waals surface area contributed by atoms with Crippen LogP contribution in [0.3, 0.4) is 0 Å². The van der Waals surface area contributed by atoms with Gasteiger partial charge < -0.3 is 69.5 Å². The average Bonchev–Trinajstić information content (AvgIpc) is 1.32. The third-order valence-electron chi connectivity index (χ3n) is 22.7. The van der Waals surface area contributed by atoms with Crippen molar-refractivity contribution < 1.29 is 87.3 Å². The number of hydrogen-bond donors (Lipinski definition) is 8. The smallest absolute Gasteiger partial charge is 0.311 e. The molecule has 498 valence electrons. The monoisotopic (exact) mass is 1250 g/mol. The van der Waals surface area contributed by atoms with Crippen LogP contribution in [-0.4, -0.2) is 211 Å². The van der Waals surface area contributed by atoms with E-state index in [1.54, 1.807) is 62.3 Å². The summed E-state index contributed by atoms with van der Waals surface area (Å²) in [5.74, 6) is -7.01. The molecule has 21 heteroatoms. The van der Waals surface area contributed by atoms with Gasteiger partial charge in [0.05, 0.1) is 47.6 Å². The van der Waals surface area contributed by atoms with Crippen molar-refractivity contribution in [2.45, 2.75) is 262 Å². The maximum Gasteiger partial charge on any atom is 0.311 e. The number of fused-ring (bicyclic) bond motifs is 5. The maximum absolute atomic E-state index is 18.0. The number of cyclic esters (lactones) is 1. The minimum atomic E-state index is -2.39. The molecule has 4 aliphatic carbocycles. The van der Waals surface area contributed by atoms with Crippen LogP contribution in [0, 0.1) is 46.3 Å². The first-order valence-corrected chi connectivity index (χ1v) is 32.3. The van der Waals surface area contributed by atoms with Crippen LogP contribution in [0.25, 0.3) is 0 Å². The lowest BCUT2D eigenvalue weighted by molar-refractivity contribution is -0.318. The Balaban J connectivity index is 1.07. The topological polar surface area (TPSA) is 267 Å². The Bertz CT molecular complexity index is 2670. The number of ether oxygens (including phenoxy) is 6. The number of benzene rings is 1. The number of aliphatic hydroxyl groups excluding tert-OH is 4. The summed E-state index contributed by atoms with van der Waals surface area (Å²) in [7, 11) is 3.40. The first-order valence-electron chi connectivity index (χ1n) is 32.3. The van der Waals surface area contributed by atoms with Crippen molar-refractivity contribution in [3.8, 4) is 0 Å². The number of hydrogen-bond acceptors (Lipinski definition) is 18. The Morgan fingerprint density at radius 2 is 1.55 bits per heavy atom. The van der Waals surface area contributed by atoms with Gasteiger partial charge in [0.25, 0.3) is 5.91 Å². The summed E-state index contributed by atoms with van der Waals surface area (Å²) in [6.45, 7) is 22.9. The summed E-state index contributed by atoms with van der Waals surface area (Å²) in [6.07, 6.45) is -10.3. The first kappa shape index (κ1) is 70.5. The van der Waals surface area contributed by atoms with Gasteiger partial charge in [0.2, 0.25) is 0 Å². The Morgan fingerprint density at radius 3 is 2.19 bits per heavy atom. The van der Waals surface area contributed by atoms with E-state index >= 15 is 8.78 Å². The largest absolute Gasteiger partial charge is 0.459 e. The highest BCUT2D eigenvalue weighted by Gasteiger charge is 2.77. The lowest BCUT2D eigenvalue weighted by Crippen LogP contribution is -2.71. The Hall–Kier alpha value is -3.39. The first-order chi connectivity index (χ1) is 41.0. The Kier molecular flexibility index (Phi) is 21.3. The van der Waals surface area contributed by atoms with Crippen molar-refractivity contribution in [2.75, 3.05) is 33.8 Å². The third kappa shape index (κ3) is 12.8. The fourth-order valence-electron chi connectivity index (χ4n) is 17.5. The van der Waals surface area contributed by atoms with Gasteiger partial charge in [-0.15, -0.1) is 0 Å². The van der Waals surface area contributed by atoms with Gasteiger partial charge in [-0.1, -0.05) is 71.0 Å². The van der Waals surface area contributed by atoms with Gasteiger partial charge in [-0.3, -0.25) is 24.2 Å². The van der Waals surface area contributed by atoms with E-state index in [0.717, 1.165) is 11.6 Å². The van der Waals surface area contributed by atoms with E-state index in [-0.39, 0.29) is 70.2 Å². The zero-order valence-corrected chi connectivity index (χ0v) is 54.6. The zero-order valence-electron chi connectivity index (χ0n) is 54.6. The van der Waals surface area contributed by atoms with Gasteiger partial charge >= 0.3 is 5.97 Å². The number of aliphatic hydroxyl groups is 7. The number of amides is 1. The number of allylic oxidation sites excluding steroid dienone is 4. The van der Waals surface area contributed by atoms with Gasteiger partial charge in [0.1, 0.15) is 36.2 Å². The van der Waals surface area contributed by atoms with Crippen LogP contribution in [0.2, 0.25) is 0 Å². The molecule has 6 fully saturated rings. The number of nitrogens with zero attached hydrogens (tertiary/aromatic N) is 2. The van der Waals surface area contributed by atoms with E-state index in [9.17, 15) is 50.1 Å². The number of alkyl halides is 2. The van der Waals surface area contributed by atoms with Crippen molar-refractivity contribution >= 4 is 17.7 Å². The summed E-state index contributed by atoms with van der Waals surface area (Å²) in [5, 5.41) is 89.3. The molecule has 0 bridgehead atoms. The SMILES string of the molecule is CC[C@H]1OC(=O)[C@H](C)[C@@H](OC2C[C@@](C)(OC)[C@@H](O)[C@H](C)O2)[C@H](C)[C@@H](OC2O[C@H](C)C[C@H](N(C)Cc3ccccc3)[C@H]2O)[C@](C)(O)C[C@@H](C)CN(CCCNC(=O)[C@@]2(O)[C@H](C)CC3C4C[C@H](F)C5=CC(=O)C=C[C@]5(C)[C@@]4(F)[C@@H](O)C[C@@]32C)[C@H](C)[C@@H](O)[C@]1(C)O. The number of carbonyl (C=O) groups is 3. The number of ketones is 1. The van der Waals surface area contributed by atoms with E-state index in [2.05, 4.69) is 10.2 Å². The van der Waals surface area contributed by atoms with Crippen LogP contribution in [0.5, 0.6) is 0 Å². The molecule has 0 radical (unpaired) electrons. The fourth-order valence-corrected chi connectivity index (χ4v) is 17.5. The van der Waals surface area contributed by atoms with Crippen molar-refractivity contribution in [2.24, 2.45) is 46.3 Å². The Morgan fingerprint density at radius 1 is 0.875 bits per heavy atom. The lowest BCUT2D eigenvalue weighted by Gasteiger charge is -2.63. The molecule has 1 amide bonds. The van der Waals surface area contributed by atoms with E-state index in [0.29, 0.717) is 13.0 Å². The molecule has 88 heavy (non-hydrogen) atoms. The van der Waals surface area contributed by atoms with E-state index < -0.39 is 178 Å². The minimum Gasteiger partial charge on any atom is -0.459 e. The summed E-state index contributed by atoms with van der Waals surface area (Å²) in [6, 6.07) is 8.56. The molecule has 1 aromatic rings. The minimum absolute atomic E-state index is 0.00456. The molecule has 1 aromatic carbocycles. The highest BCUT2D eigenvalue weighted by molar-refractivity contribution is 6.01. The Labute approximate surface area is 519 Å². The average molecular weight is 1250 g/mol. The van der Waals surface area contributed by atoms with E-state index in [1.165, 1.54) is 33.1 Å². The second kappa shape index (κ2) is 26.5. The summed E-state index contributed by atoms with van der Waals surface area (Å²) in [4.78, 5) is 46.0. The number of carbonyl (C=O) groups excluding carboxylic acids is 3. The molecule has 0 spiro atoms. The summed E-state index contributed by atoms with van der Waals surface area (Å²) < 4.78 is 72.9. The molecule has 19 nitrogen and oxygen atoms in total. The highest BCUT2D eigenvalue weighted by atomic mass is 19.1. The second-order valence-electron chi connectivity index (χ2n) is 29.0. The van der Waals surface area contributed by atoms with Crippen molar-refractivity contribution in [3.05, 3.63) is 59.7 Å². The molecular weight excluding hydrogens is 1140 g/mol. The van der Waals surface area contributed by atoms with Crippen LogP contribution >= 0.6 is 0 Å². The summed E-state index contributed by atoms with van der Waals surface area (Å²) in [5.41, 5.74) is -11.5. The second-order valence-corrected chi connectivity index (χ2v) is 29.0. The van der Waals surface area contributed by atoms with Crippen molar-refractivity contribution in [1.29, 1.82) is 0 Å². The number of rotatable bonds is 14. The third-order valence-corrected chi connectivity index (χ3v) is 22.7. The standard InChI is InChI=1S/C67H105F2N3O16/c1-16-51-65(13,81)55(76)41(7)72(26-20-25-70-60(79)67(82)37(3)27-45-46-30-48(68)47-29-44(73)23-24-61(47,9)66(46,69)50(74)32-62(45,67)10)34-36(2)31-63(11,80)57(88-59-53(75)49(28-38(4)84-59)71(14)35-43-21-18-17-19-22-43)39(5)54(40(6)58(78)86-51)87-52-33-64(12,83-15)56(77)42(8)85-52/h17-19,21-24,29,36-42,45-46,48-57,59,74-77,80-82H,16,20,25-28,30-35H2,1-15H3,(H,70,79)/t36-,37-,38-,39+,40-,41-,42+,45?,46?,48+,49+,50+,51-,52?,53-,54+,55-,56+,57-,59?,61+,62+,63-,64-,65-,66+,67+/m1/s1. The number of halogens is 2. The van der Waals surface area contributed by atoms with Gasteiger partial charge in [-0.25, -0.2) is 8.78 Å². The summed E-state index contributed by atoms with van der Waals surface area (Å²) >= 11 is 0. The number of esters is 1. The number of nitrogens with one attached hydrogen (secondary N) is 1. The molecule has 3 saturated carbocycles. The van der Waals surface area contributed by atoms with E-state index in [4.69, 9.17) is 28.4 Å². The van der Waals surface area contributed by atoms with Gasteiger partial charge in [0, 0.05) is 74.5 Å². The van der Waals surface area contributed by atoms with Crippen molar-refractivity contribution in [1.82, 2.24) is 15.1 Å². The molecule has 3 aliphatic heterocycles. The molecule has 8 rings (SSSR count). The molecule has 3 saturated heterocycles. The molecule has 4 unspecified atom stereocenters. The molecule has 27 atom stereocenters. The molecule has 3 heterocycles. The zero-order chi connectivity index (χ0) is 65.2. The normalized spacial score (nSPS) is 48.1.